The summed E-state index contributed by atoms with van der Waals surface area (Å²) >= 11 is 0. The molecule has 2 rings (SSSR count). The fourth-order valence-corrected chi connectivity index (χ4v) is 3.20. The standard InChI is InChI=1S/C24H21F12NO2/c1-2-3-4-5-14-6-11-17(37-12-14)15-7-9-16(10-8-15)18(38)39-13-20(27,28)22(31,32)24(35,36)23(33,34)21(29,30)19(25)26/h6-12,19H,2-5,13H2,1H3. The first-order valence-corrected chi connectivity index (χ1v) is 11.2. The molecule has 39 heavy (non-hydrogen) atoms. The molecule has 1 aromatic heterocycles. The molecule has 0 unspecified atom stereocenters. The maximum absolute atomic E-state index is 13.8. The average Bonchev–Trinajstić information content (AvgIpc) is 2.87. The Labute approximate surface area is 214 Å². The predicted molar refractivity (Wildman–Crippen MR) is 114 cm³/mol. The van der Waals surface area contributed by atoms with E-state index in [1.54, 1.807) is 18.3 Å². The van der Waals surface area contributed by atoms with Crippen LogP contribution in [0.2, 0.25) is 0 Å². The van der Waals surface area contributed by atoms with E-state index in [0.29, 0.717) is 11.3 Å². The van der Waals surface area contributed by atoms with Crippen LogP contribution in [0.3, 0.4) is 0 Å². The molecular formula is C24H21F12NO2. The summed E-state index contributed by atoms with van der Waals surface area (Å²) in [4.78, 5) is 16.2. The molecule has 15 heteroatoms. The molecule has 0 aliphatic heterocycles. The number of alkyl halides is 12. The van der Waals surface area contributed by atoms with Crippen molar-refractivity contribution in [2.75, 3.05) is 6.61 Å². The van der Waals surface area contributed by atoms with Crippen LogP contribution < -0.4 is 0 Å². The van der Waals surface area contributed by atoms with Gasteiger partial charge in [-0.05, 0) is 36.6 Å². The number of carbonyl (C=O) groups excluding carboxylic acids is 1. The zero-order valence-electron chi connectivity index (χ0n) is 20.0. The summed E-state index contributed by atoms with van der Waals surface area (Å²) in [5.41, 5.74) is 1.26. The van der Waals surface area contributed by atoms with Gasteiger partial charge in [0.15, 0.2) is 6.61 Å². The molecule has 0 fully saturated rings. The second-order valence-corrected chi connectivity index (χ2v) is 8.51. The second kappa shape index (κ2) is 11.6. The smallest absolute Gasteiger partial charge is 0.384 e. The number of esters is 1. The number of ether oxygens (including phenoxy) is 1. The van der Waals surface area contributed by atoms with Crippen molar-refractivity contribution < 1.29 is 62.2 Å². The van der Waals surface area contributed by atoms with Gasteiger partial charge in [-0.1, -0.05) is 38.0 Å². The van der Waals surface area contributed by atoms with E-state index in [0.717, 1.165) is 43.4 Å². The lowest BCUT2D eigenvalue weighted by atomic mass is 9.94. The van der Waals surface area contributed by atoms with E-state index in [4.69, 9.17) is 0 Å². The van der Waals surface area contributed by atoms with Gasteiger partial charge in [0.1, 0.15) is 0 Å². The topological polar surface area (TPSA) is 39.2 Å². The molecule has 0 amide bonds. The van der Waals surface area contributed by atoms with E-state index in [1.807, 2.05) is 6.92 Å². The van der Waals surface area contributed by atoms with Gasteiger partial charge in [0.05, 0.1) is 11.3 Å². The van der Waals surface area contributed by atoms with Crippen molar-refractivity contribution in [1.29, 1.82) is 0 Å². The van der Waals surface area contributed by atoms with Gasteiger partial charge in [-0.25, -0.2) is 13.6 Å². The maximum Gasteiger partial charge on any atom is 0.384 e. The van der Waals surface area contributed by atoms with E-state index < -0.39 is 54.2 Å². The molecule has 2 aromatic rings. The Morgan fingerprint density at radius 1 is 0.821 bits per heavy atom. The fourth-order valence-electron chi connectivity index (χ4n) is 3.20. The van der Waals surface area contributed by atoms with Crippen LogP contribution in [-0.2, 0) is 11.2 Å². The minimum absolute atomic E-state index is 0.422. The largest absolute Gasteiger partial charge is 0.455 e. The third-order valence-corrected chi connectivity index (χ3v) is 5.64. The number of hydrogen-bond acceptors (Lipinski definition) is 3. The molecule has 0 N–H and O–H groups in total. The highest BCUT2D eigenvalue weighted by Crippen LogP contribution is 2.58. The van der Waals surface area contributed by atoms with Crippen LogP contribution in [0, 0.1) is 0 Å². The minimum atomic E-state index is -7.68. The second-order valence-electron chi connectivity index (χ2n) is 8.51. The van der Waals surface area contributed by atoms with Crippen LogP contribution >= 0.6 is 0 Å². The average molecular weight is 583 g/mol. The molecule has 0 bridgehead atoms. The number of pyridine rings is 1. The van der Waals surface area contributed by atoms with Crippen LogP contribution in [0.4, 0.5) is 52.7 Å². The highest BCUT2D eigenvalue weighted by atomic mass is 19.4. The first-order chi connectivity index (χ1) is 17.8. The molecule has 0 saturated heterocycles. The Bertz CT molecular complexity index is 1100. The number of unbranched alkanes of at least 4 members (excludes halogenated alkanes) is 2. The van der Waals surface area contributed by atoms with Crippen molar-refractivity contribution in [3.63, 3.8) is 0 Å². The Kier molecular flexibility index (Phi) is 9.60. The van der Waals surface area contributed by atoms with Crippen molar-refractivity contribution in [1.82, 2.24) is 4.98 Å². The molecule has 0 saturated carbocycles. The number of rotatable bonds is 13. The number of aromatic nitrogens is 1. The summed E-state index contributed by atoms with van der Waals surface area (Å²) in [6.45, 7) is -0.918. The van der Waals surface area contributed by atoms with Gasteiger partial charge in [-0.3, -0.25) is 4.98 Å². The lowest BCUT2D eigenvalue weighted by molar-refractivity contribution is -0.414. The van der Waals surface area contributed by atoms with Gasteiger partial charge < -0.3 is 4.74 Å². The minimum Gasteiger partial charge on any atom is -0.455 e. The number of halogens is 12. The summed E-state index contributed by atoms with van der Waals surface area (Å²) in [7, 11) is 0. The van der Waals surface area contributed by atoms with Crippen LogP contribution in [0.5, 0.6) is 0 Å². The number of aryl methyl sites for hydroxylation is 1. The monoisotopic (exact) mass is 583 g/mol. The molecule has 0 spiro atoms. The fraction of sp³-hybridized carbons (Fsp3) is 0.500. The van der Waals surface area contributed by atoms with Gasteiger partial charge >= 0.3 is 42.0 Å². The third kappa shape index (κ3) is 6.26. The van der Waals surface area contributed by atoms with Gasteiger partial charge in [-0.15, -0.1) is 0 Å². The van der Waals surface area contributed by atoms with Gasteiger partial charge in [0, 0.05) is 11.8 Å². The van der Waals surface area contributed by atoms with Gasteiger partial charge in [-0.2, -0.15) is 43.9 Å². The van der Waals surface area contributed by atoms with Crippen LogP contribution in [0.15, 0.2) is 42.6 Å². The van der Waals surface area contributed by atoms with E-state index in [1.165, 1.54) is 12.1 Å². The molecule has 218 valence electrons. The number of nitrogens with zero attached hydrogens (tertiary/aromatic N) is 1. The Morgan fingerprint density at radius 2 is 1.41 bits per heavy atom. The zero-order chi connectivity index (χ0) is 29.9. The van der Waals surface area contributed by atoms with Crippen molar-refractivity contribution in [3.05, 3.63) is 53.7 Å². The maximum atomic E-state index is 13.8. The van der Waals surface area contributed by atoms with Crippen molar-refractivity contribution in [3.8, 4) is 11.3 Å². The number of hydrogen-bond donors (Lipinski definition) is 0. The van der Waals surface area contributed by atoms with Gasteiger partial charge in [0.25, 0.3) is 0 Å². The highest BCUT2D eigenvalue weighted by molar-refractivity contribution is 5.90. The lowest BCUT2D eigenvalue weighted by Crippen LogP contribution is -2.69. The quantitative estimate of drug-likeness (QED) is 0.136. The van der Waals surface area contributed by atoms with E-state index >= 15 is 0 Å². The summed E-state index contributed by atoms with van der Waals surface area (Å²) < 4.78 is 163. The zero-order valence-corrected chi connectivity index (χ0v) is 20.0. The van der Waals surface area contributed by atoms with Crippen molar-refractivity contribution in [2.45, 2.75) is 68.6 Å². The SMILES string of the molecule is CCCCCc1ccc(-c2ccc(C(=O)OCC(F)(F)C(F)(F)C(F)(F)C(F)(F)C(F)(F)C(F)F)cc2)nc1. The normalized spacial score (nSPS) is 13.6. The Hall–Kier alpha value is -3.00. The summed E-state index contributed by atoms with van der Waals surface area (Å²) in [5.74, 6) is -37.9. The van der Waals surface area contributed by atoms with E-state index in [-0.39, 0.29) is 0 Å². The predicted octanol–water partition coefficient (Wildman–Crippen LogP) is 8.08. The summed E-state index contributed by atoms with van der Waals surface area (Å²) in [5, 5.41) is 0. The number of benzene rings is 1. The molecule has 0 atom stereocenters. The van der Waals surface area contributed by atoms with Crippen LogP contribution in [0.25, 0.3) is 11.3 Å². The molecule has 0 aliphatic rings. The van der Waals surface area contributed by atoms with Gasteiger partial charge in [0.2, 0.25) is 0 Å². The Morgan fingerprint density at radius 3 is 1.90 bits per heavy atom. The van der Waals surface area contributed by atoms with E-state index in [9.17, 15) is 57.5 Å². The summed E-state index contributed by atoms with van der Waals surface area (Å²) in [6, 6.07) is 7.91. The molecular weight excluding hydrogens is 562 g/mol. The molecule has 0 aliphatic carbocycles. The van der Waals surface area contributed by atoms with Crippen LogP contribution in [0.1, 0.15) is 42.1 Å². The molecule has 3 nitrogen and oxygen atoms in total. The van der Waals surface area contributed by atoms with E-state index in [2.05, 4.69) is 9.72 Å². The molecule has 1 heterocycles. The summed E-state index contributed by atoms with van der Waals surface area (Å²) in [6.07, 6.45) is -0.154. The highest BCUT2D eigenvalue weighted by Gasteiger charge is 2.87. The lowest BCUT2D eigenvalue weighted by Gasteiger charge is -2.38. The number of carbonyl (C=O) groups is 1. The third-order valence-electron chi connectivity index (χ3n) is 5.64. The van der Waals surface area contributed by atoms with Crippen LogP contribution in [-0.4, -0.2) is 53.6 Å². The molecule has 0 radical (unpaired) electrons. The first-order valence-electron chi connectivity index (χ1n) is 11.2. The molecule has 1 aromatic carbocycles. The Balaban J connectivity index is 2.13. The van der Waals surface area contributed by atoms with Crippen molar-refractivity contribution in [2.24, 2.45) is 0 Å². The van der Waals surface area contributed by atoms with Crippen molar-refractivity contribution >= 4 is 5.97 Å². The first kappa shape index (κ1) is 32.2.